The Bertz CT molecular complexity index is 380. The van der Waals surface area contributed by atoms with Gasteiger partial charge in [0.1, 0.15) is 0 Å². The maximum absolute atomic E-state index is 5.97. The van der Waals surface area contributed by atoms with E-state index < -0.39 is 0 Å². The van der Waals surface area contributed by atoms with Crippen molar-refractivity contribution in [3.05, 3.63) is 20.8 Å². The number of halogens is 1. The molecule has 0 aromatic carbocycles. The normalized spacial score (nSPS) is 22.6. The predicted octanol–water partition coefficient (Wildman–Crippen LogP) is 2.62. The van der Waals surface area contributed by atoms with E-state index in [1.54, 1.807) is 11.3 Å². The minimum atomic E-state index is 0.0543. The SMILES string of the molecule is CC1(C)COCCN1C(CN)c1cc(Br)cs1. The van der Waals surface area contributed by atoms with Gasteiger partial charge in [0.2, 0.25) is 0 Å². The van der Waals surface area contributed by atoms with E-state index in [1.807, 2.05) is 0 Å². The van der Waals surface area contributed by atoms with Crippen LogP contribution in [0.5, 0.6) is 0 Å². The highest BCUT2D eigenvalue weighted by Gasteiger charge is 2.36. The second-order valence-electron chi connectivity index (χ2n) is 4.98. The summed E-state index contributed by atoms with van der Waals surface area (Å²) in [7, 11) is 0. The zero-order chi connectivity index (χ0) is 12.5. The summed E-state index contributed by atoms with van der Waals surface area (Å²) < 4.78 is 6.70. The summed E-state index contributed by atoms with van der Waals surface area (Å²) in [5.74, 6) is 0. The molecule has 96 valence electrons. The van der Waals surface area contributed by atoms with Crippen LogP contribution in [0.15, 0.2) is 15.9 Å². The molecule has 3 nitrogen and oxygen atoms in total. The van der Waals surface area contributed by atoms with Crippen molar-refractivity contribution in [1.82, 2.24) is 4.90 Å². The van der Waals surface area contributed by atoms with Gasteiger partial charge in [0.05, 0.1) is 19.3 Å². The number of nitrogens with two attached hydrogens (primary N) is 1. The monoisotopic (exact) mass is 318 g/mol. The van der Waals surface area contributed by atoms with Crippen molar-refractivity contribution in [2.45, 2.75) is 25.4 Å². The average molecular weight is 319 g/mol. The smallest absolute Gasteiger partial charge is 0.0645 e. The summed E-state index contributed by atoms with van der Waals surface area (Å²) in [6.45, 7) is 7.61. The van der Waals surface area contributed by atoms with Gasteiger partial charge in [-0.1, -0.05) is 0 Å². The van der Waals surface area contributed by atoms with Gasteiger partial charge in [0.15, 0.2) is 0 Å². The molecule has 0 bridgehead atoms. The Kier molecular flexibility index (Phi) is 4.26. The van der Waals surface area contributed by atoms with Gasteiger partial charge in [-0.2, -0.15) is 0 Å². The molecule has 0 saturated carbocycles. The fraction of sp³-hybridized carbons (Fsp3) is 0.667. The number of ether oxygens (including phenoxy) is 1. The summed E-state index contributed by atoms with van der Waals surface area (Å²) >= 11 is 5.28. The van der Waals surface area contributed by atoms with Gasteiger partial charge in [-0.25, -0.2) is 0 Å². The Morgan fingerprint density at radius 3 is 2.94 bits per heavy atom. The molecule has 5 heteroatoms. The molecule has 1 fully saturated rings. The first kappa shape index (κ1) is 13.5. The Hall–Kier alpha value is 0.0600. The Labute approximate surface area is 115 Å². The predicted molar refractivity (Wildman–Crippen MR) is 75.4 cm³/mol. The van der Waals surface area contributed by atoms with Gasteiger partial charge in [-0.15, -0.1) is 11.3 Å². The summed E-state index contributed by atoms with van der Waals surface area (Å²) in [6, 6.07) is 2.47. The second kappa shape index (κ2) is 5.36. The first-order chi connectivity index (χ1) is 8.04. The molecule has 1 unspecified atom stereocenters. The van der Waals surface area contributed by atoms with Gasteiger partial charge in [0, 0.05) is 33.4 Å². The number of hydrogen-bond donors (Lipinski definition) is 1. The van der Waals surface area contributed by atoms with Crippen LogP contribution >= 0.6 is 27.3 Å². The average Bonchev–Trinajstić information content (AvgIpc) is 2.68. The van der Waals surface area contributed by atoms with Crippen molar-refractivity contribution in [3.8, 4) is 0 Å². The lowest BCUT2D eigenvalue weighted by atomic mass is 9.99. The van der Waals surface area contributed by atoms with E-state index in [4.69, 9.17) is 10.5 Å². The Morgan fingerprint density at radius 1 is 1.65 bits per heavy atom. The molecule has 1 saturated heterocycles. The fourth-order valence-electron chi connectivity index (χ4n) is 2.35. The summed E-state index contributed by atoms with van der Waals surface area (Å²) in [5.41, 5.74) is 6.03. The van der Waals surface area contributed by atoms with Crippen molar-refractivity contribution in [2.24, 2.45) is 5.73 Å². The summed E-state index contributed by atoms with van der Waals surface area (Å²) in [6.07, 6.45) is 0. The van der Waals surface area contributed by atoms with E-state index in [9.17, 15) is 0 Å². The third-order valence-electron chi connectivity index (χ3n) is 3.22. The van der Waals surface area contributed by atoms with Gasteiger partial charge < -0.3 is 10.5 Å². The quantitative estimate of drug-likeness (QED) is 0.931. The van der Waals surface area contributed by atoms with Crippen molar-refractivity contribution < 1.29 is 4.74 Å². The van der Waals surface area contributed by atoms with E-state index in [-0.39, 0.29) is 5.54 Å². The Balaban J connectivity index is 2.22. The molecule has 17 heavy (non-hydrogen) atoms. The van der Waals surface area contributed by atoms with E-state index in [1.165, 1.54) is 4.88 Å². The molecule has 2 heterocycles. The molecule has 1 aliphatic rings. The Morgan fingerprint density at radius 2 is 2.41 bits per heavy atom. The van der Waals surface area contributed by atoms with Gasteiger partial charge in [-0.05, 0) is 35.8 Å². The van der Waals surface area contributed by atoms with Crippen LogP contribution in [-0.2, 0) is 4.74 Å². The molecule has 0 spiro atoms. The van der Waals surface area contributed by atoms with E-state index in [2.05, 4.69) is 46.1 Å². The molecule has 1 atom stereocenters. The zero-order valence-corrected chi connectivity index (χ0v) is 12.7. The first-order valence-electron chi connectivity index (χ1n) is 5.83. The maximum Gasteiger partial charge on any atom is 0.0645 e. The highest BCUT2D eigenvalue weighted by atomic mass is 79.9. The largest absolute Gasteiger partial charge is 0.378 e. The fourth-order valence-corrected chi connectivity index (χ4v) is 3.92. The van der Waals surface area contributed by atoms with Crippen molar-refractivity contribution >= 4 is 27.3 Å². The van der Waals surface area contributed by atoms with Crippen LogP contribution in [0.4, 0.5) is 0 Å². The van der Waals surface area contributed by atoms with Gasteiger partial charge in [0.25, 0.3) is 0 Å². The highest BCUT2D eigenvalue weighted by molar-refractivity contribution is 9.10. The van der Waals surface area contributed by atoms with Crippen LogP contribution in [-0.4, -0.2) is 36.7 Å². The van der Waals surface area contributed by atoms with Crippen LogP contribution in [0.25, 0.3) is 0 Å². The topological polar surface area (TPSA) is 38.5 Å². The van der Waals surface area contributed by atoms with E-state index >= 15 is 0 Å². The maximum atomic E-state index is 5.97. The lowest BCUT2D eigenvalue weighted by molar-refractivity contribution is -0.0706. The lowest BCUT2D eigenvalue weighted by Crippen LogP contribution is -2.55. The van der Waals surface area contributed by atoms with E-state index in [0.29, 0.717) is 12.6 Å². The van der Waals surface area contributed by atoms with E-state index in [0.717, 1.165) is 24.2 Å². The molecule has 2 N–H and O–H groups in total. The van der Waals surface area contributed by atoms with Gasteiger partial charge >= 0.3 is 0 Å². The van der Waals surface area contributed by atoms with Gasteiger partial charge in [-0.3, -0.25) is 4.90 Å². The third-order valence-corrected chi connectivity index (χ3v) is 5.02. The molecule has 0 radical (unpaired) electrons. The molecule has 1 aromatic rings. The zero-order valence-electron chi connectivity index (χ0n) is 10.3. The molecular weight excluding hydrogens is 300 g/mol. The molecule has 2 rings (SSSR count). The number of hydrogen-bond acceptors (Lipinski definition) is 4. The van der Waals surface area contributed by atoms with Crippen LogP contribution in [0.1, 0.15) is 24.8 Å². The standard InChI is InChI=1S/C12H19BrN2OS/c1-12(2)8-16-4-3-15(12)10(6-14)11-5-9(13)7-17-11/h5,7,10H,3-4,6,8,14H2,1-2H3. The first-order valence-corrected chi connectivity index (χ1v) is 7.50. The molecule has 1 aromatic heterocycles. The van der Waals surface area contributed by atoms with Crippen LogP contribution in [0.3, 0.4) is 0 Å². The minimum absolute atomic E-state index is 0.0543. The van der Waals surface area contributed by atoms with Crippen LogP contribution in [0.2, 0.25) is 0 Å². The number of rotatable bonds is 3. The van der Waals surface area contributed by atoms with Crippen molar-refractivity contribution in [1.29, 1.82) is 0 Å². The summed E-state index contributed by atoms with van der Waals surface area (Å²) in [4.78, 5) is 3.80. The third kappa shape index (κ3) is 2.90. The molecule has 0 amide bonds. The van der Waals surface area contributed by atoms with Crippen LogP contribution in [0, 0.1) is 0 Å². The molecule has 1 aliphatic heterocycles. The highest BCUT2D eigenvalue weighted by Crippen LogP contribution is 2.34. The summed E-state index contributed by atoms with van der Waals surface area (Å²) in [5, 5.41) is 2.12. The van der Waals surface area contributed by atoms with Crippen molar-refractivity contribution in [2.75, 3.05) is 26.3 Å². The van der Waals surface area contributed by atoms with Crippen molar-refractivity contribution in [3.63, 3.8) is 0 Å². The molecular formula is C12H19BrN2OS. The molecule has 0 aliphatic carbocycles. The number of thiophene rings is 1. The second-order valence-corrected chi connectivity index (χ2v) is 6.84. The number of morpholine rings is 1. The van der Waals surface area contributed by atoms with Crippen LogP contribution < -0.4 is 5.73 Å². The minimum Gasteiger partial charge on any atom is -0.378 e. The number of nitrogens with zero attached hydrogens (tertiary/aromatic N) is 1. The lowest BCUT2D eigenvalue weighted by Gasteiger charge is -2.46.